The second-order valence-electron chi connectivity index (χ2n) is 5.97. The van der Waals surface area contributed by atoms with Crippen LogP contribution in [0.4, 0.5) is 11.5 Å². The molecule has 0 saturated carbocycles. The van der Waals surface area contributed by atoms with E-state index in [1.165, 1.54) is 11.9 Å². The molecule has 132 valence electrons. The standard InChI is InChI=1S/C20H19ClN4O/c1-13-4-3-5-17(14(13)2)25-19-10-18(23-12-24-19)20(26)22-11-15-6-8-16(21)9-7-15/h3-10,12H,11H2,1-2H3,(H,22,26)(H,23,24,25). The highest BCUT2D eigenvalue weighted by Crippen LogP contribution is 2.21. The van der Waals surface area contributed by atoms with Gasteiger partial charge in [-0.25, -0.2) is 9.97 Å². The van der Waals surface area contributed by atoms with Gasteiger partial charge in [0.05, 0.1) is 0 Å². The average Bonchev–Trinajstić information content (AvgIpc) is 2.65. The molecule has 0 aliphatic carbocycles. The van der Waals surface area contributed by atoms with Crippen molar-refractivity contribution in [3.63, 3.8) is 0 Å². The Morgan fingerprint density at radius 1 is 1.08 bits per heavy atom. The minimum Gasteiger partial charge on any atom is -0.347 e. The molecule has 26 heavy (non-hydrogen) atoms. The molecule has 6 heteroatoms. The third-order valence-electron chi connectivity index (χ3n) is 4.13. The first-order chi connectivity index (χ1) is 12.5. The van der Waals surface area contributed by atoms with Gasteiger partial charge >= 0.3 is 0 Å². The molecule has 0 saturated heterocycles. The lowest BCUT2D eigenvalue weighted by atomic mass is 10.1. The van der Waals surface area contributed by atoms with Crippen LogP contribution in [0.5, 0.6) is 0 Å². The van der Waals surface area contributed by atoms with Crippen molar-refractivity contribution in [3.8, 4) is 0 Å². The number of amides is 1. The second-order valence-corrected chi connectivity index (χ2v) is 6.41. The first kappa shape index (κ1) is 17.9. The summed E-state index contributed by atoms with van der Waals surface area (Å²) < 4.78 is 0. The molecule has 0 radical (unpaired) electrons. The Morgan fingerprint density at radius 2 is 1.85 bits per heavy atom. The van der Waals surface area contributed by atoms with Crippen LogP contribution in [0, 0.1) is 13.8 Å². The van der Waals surface area contributed by atoms with E-state index in [1.54, 1.807) is 18.2 Å². The van der Waals surface area contributed by atoms with Gasteiger partial charge in [-0.3, -0.25) is 4.79 Å². The molecule has 5 nitrogen and oxygen atoms in total. The number of anilines is 2. The predicted octanol–water partition coefficient (Wildman–Crippen LogP) is 4.42. The smallest absolute Gasteiger partial charge is 0.270 e. The Labute approximate surface area is 157 Å². The van der Waals surface area contributed by atoms with E-state index in [-0.39, 0.29) is 5.91 Å². The Bertz CT molecular complexity index is 925. The van der Waals surface area contributed by atoms with Crippen LogP contribution in [-0.4, -0.2) is 15.9 Å². The third-order valence-corrected chi connectivity index (χ3v) is 4.39. The number of nitrogens with one attached hydrogen (secondary N) is 2. The lowest BCUT2D eigenvalue weighted by molar-refractivity contribution is 0.0946. The average molecular weight is 367 g/mol. The van der Waals surface area contributed by atoms with Gasteiger partial charge in [-0.2, -0.15) is 0 Å². The van der Waals surface area contributed by atoms with Crippen LogP contribution < -0.4 is 10.6 Å². The highest BCUT2D eigenvalue weighted by Gasteiger charge is 2.09. The van der Waals surface area contributed by atoms with E-state index in [1.807, 2.05) is 31.2 Å². The fourth-order valence-corrected chi connectivity index (χ4v) is 2.58. The Balaban J connectivity index is 1.69. The van der Waals surface area contributed by atoms with E-state index in [4.69, 9.17) is 11.6 Å². The number of nitrogens with zero attached hydrogens (tertiary/aromatic N) is 2. The quantitative estimate of drug-likeness (QED) is 0.701. The minimum atomic E-state index is -0.258. The van der Waals surface area contributed by atoms with E-state index >= 15 is 0 Å². The molecule has 1 aromatic heterocycles. The topological polar surface area (TPSA) is 66.9 Å². The zero-order valence-electron chi connectivity index (χ0n) is 14.6. The van der Waals surface area contributed by atoms with Crippen LogP contribution in [0.2, 0.25) is 5.02 Å². The number of hydrogen-bond acceptors (Lipinski definition) is 4. The largest absolute Gasteiger partial charge is 0.347 e. The van der Waals surface area contributed by atoms with Crippen LogP contribution in [0.1, 0.15) is 27.2 Å². The van der Waals surface area contributed by atoms with Gasteiger partial charge in [0.15, 0.2) is 0 Å². The first-order valence-electron chi connectivity index (χ1n) is 8.21. The molecule has 1 heterocycles. The number of hydrogen-bond donors (Lipinski definition) is 2. The SMILES string of the molecule is Cc1cccc(Nc2cc(C(=O)NCc3ccc(Cl)cc3)ncn2)c1C. The van der Waals surface area contributed by atoms with Crippen LogP contribution in [0.25, 0.3) is 0 Å². The third kappa shape index (κ3) is 4.37. The van der Waals surface area contributed by atoms with E-state index < -0.39 is 0 Å². The van der Waals surface area contributed by atoms with E-state index in [0.29, 0.717) is 23.1 Å². The maximum Gasteiger partial charge on any atom is 0.270 e. The highest BCUT2D eigenvalue weighted by atomic mass is 35.5. The summed E-state index contributed by atoms with van der Waals surface area (Å²) in [5.74, 6) is 0.316. The predicted molar refractivity (Wildman–Crippen MR) is 104 cm³/mol. The molecule has 0 atom stereocenters. The molecule has 0 aliphatic heterocycles. The zero-order valence-corrected chi connectivity index (χ0v) is 15.3. The van der Waals surface area contributed by atoms with Crippen molar-refractivity contribution in [2.45, 2.75) is 20.4 Å². The van der Waals surface area contributed by atoms with Crippen LogP contribution in [0.3, 0.4) is 0 Å². The van der Waals surface area contributed by atoms with Crippen LogP contribution >= 0.6 is 11.6 Å². The van der Waals surface area contributed by atoms with Gasteiger partial charge in [0, 0.05) is 23.3 Å². The molecule has 0 bridgehead atoms. The van der Waals surface area contributed by atoms with Gasteiger partial charge in [0.25, 0.3) is 5.91 Å². The number of carbonyl (C=O) groups excluding carboxylic acids is 1. The maximum absolute atomic E-state index is 12.4. The monoisotopic (exact) mass is 366 g/mol. The second kappa shape index (κ2) is 7.97. The summed E-state index contributed by atoms with van der Waals surface area (Å²) in [6.07, 6.45) is 1.38. The van der Waals surface area contributed by atoms with Gasteiger partial charge in [0.2, 0.25) is 0 Å². The summed E-state index contributed by atoms with van der Waals surface area (Å²) >= 11 is 5.86. The number of aromatic nitrogens is 2. The van der Waals surface area contributed by atoms with E-state index in [0.717, 1.165) is 16.8 Å². The zero-order chi connectivity index (χ0) is 18.5. The molecule has 0 spiro atoms. The lowest BCUT2D eigenvalue weighted by Crippen LogP contribution is -2.24. The number of aryl methyl sites for hydroxylation is 1. The normalized spacial score (nSPS) is 10.4. The van der Waals surface area contributed by atoms with E-state index in [2.05, 4.69) is 33.6 Å². The fraction of sp³-hybridized carbons (Fsp3) is 0.150. The lowest BCUT2D eigenvalue weighted by Gasteiger charge is -2.11. The van der Waals surface area contributed by atoms with Crippen LogP contribution in [-0.2, 0) is 6.54 Å². The highest BCUT2D eigenvalue weighted by molar-refractivity contribution is 6.30. The molecule has 3 aromatic rings. The Hall–Kier alpha value is -2.92. The van der Waals surface area contributed by atoms with Crippen molar-refractivity contribution < 1.29 is 4.79 Å². The Kier molecular flexibility index (Phi) is 5.49. The molecule has 3 rings (SSSR count). The molecular weight excluding hydrogens is 348 g/mol. The van der Waals surface area contributed by atoms with Crippen molar-refractivity contribution in [1.29, 1.82) is 0 Å². The van der Waals surface area contributed by atoms with Gasteiger partial charge < -0.3 is 10.6 Å². The summed E-state index contributed by atoms with van der Waals surface area (Å²) in [7, 11) is 0. The summed E-state index contributed by atoms with van der Waals surface area (Å²) in [6.45, 7) is 4.49. The summed E-state index contributed by atoms with van der Waals surface area (Å²) in [5, 5.41) is 6.75. The fourth-order valence-electron chi connectivity index (χ4n) is 2.45. The van der Waals surface area contributed by atoms with Crippen molar-refractivity contribution in [2.75, 3.05) is 5.32 Å². The molecule has 2 aromatic carbocycles. The molecule has 0 fully saturated rings. The van der Waals surface area contributed by atoms with Crippen LogP contribution in [0.15, 0.2) is 54.9 Å². The molecule has 1 amide bonds. The Morgan fingerprint density at radius 3 is 2.62 bits per heavy atom. The summed E-state index contributed by atoms with van der Waals surface area (Å²) in [4.78, 5) is 20.6. The molecule has 0 unspecified atom stereocenters. The first-order valence-corrected chi connectivity index (χ1v) is 8.58. The summed E-state index contributed by atoms with van der Waals surface area (Å²) in [6, 6.07) is 15.0. The molecule has 2 N–H and O–H groups in total. The van der Waals surface area contributed by atoms with Gasteiger partial charge in [-0.05, 0) is 48.7 Å². The number of carbonyl (C=O) groups is 1. The maximum atomic E-state index is 12.4. The minimum absolute atomic E-state index is 0.258. The molecular formula is C20H19ClN4O. The van der Waals surface area contributed by atoms with Crippen molar-refractivity contribution in [1.82, 2.24) is 15.3 Å². The van der Waals surface area contributed by atoms with E-state index in [9.17, 15) is 4.79 Å². The van der Waals surface area contributed by atoms with Gasteiger partial charge in [-0.1, -0.05) is 35.9 Å². The van der Waals surface area contributed by atoms with Crippen molar-refractivity contribution in [3.05, 3.63) is 82.3 Å². The summed E-state index contributed by atoms with van der Waals surface area (Å²) in [5.41, 5.74) is 4.55. The number of halogens is 1. The molecule has 0 aliphatic rings. The van der Waals surface area contributed by atoms with Crippen molar-refractivity contribution >= 4 is 29.0 Å². The van der Waals surface area contributed by atoms with Crippen molar-refractivity contribution in [2.24, 2.45) is 0 Å². The number of benzene rings is 2. The van der Waals surface area contributed by atoms with Gasteiger partial charge in [0.1, 0.15) is 17.8 Å². The van der Waals surface area contributed by atoms with Gasteiger partial charge in [-0.15, -0.1) is 0 Å². The number of rotatable bonds is 5.